The van der Waals surface area contributed by atoms with Gasteiger partial charge in [0.1, 0.15) is 5.69 Å². The molecule has 2 aromatic heterocycles. The van der Waals surface area contributed by atoms with E-state index in [9.17, 15) is 9.59 Å². The monoisotopic (exact) mass is 260 g/mol. The molecule has 0 aliphatic rings. The van der Waals surface area contributed by atoms with Gasteiger partial charge in [0.15, 0.2) is 5.82 Å². The quantitative estimate of drug-likeness (QED) is 0.437. The highest BCUT2D eigenvalue weighted by Crippen LogP contribution is 2.15. The maximum atomic E-state index is 11.5. The van der Waals surface area contributed by atoms with Gasteiger partial charge < -0.3 is 0 Å². The van der Waals surface area contributed by atoms with Crippen molar-refractivity contribution in [2.75, 3.05) is 5.01 Å². The molecule has 2 rings (SSSR count). The molecule has 0 saturated carbocycles. The fourth-order valence-electron chi connectivity index (χ4n) is 1.47. The van der Waals surface area contributed by atoms with Gasteiger partial charge in [0.2, 0.25) is 5.91 Å². The van der Waals surface area contributed by atoms with Crippen LogP contribution in [0.25, 0.3) is 11.5 Å². The lowest BCUT2D eigenvalue weighted by molar-refractivity contribution is -0.116. The van der Waals surface area contributed by atoms with Crippen LogP contribution in [0.1, 0.15) is 12.5 Å². The second-order valence-electron chi connectivity index (χ2n) is 3.86. The molecular weight excluding hydrogens is 248 g/mol. The van der Waals surface area contributed by atoms with Crippen molar-refractivity contribution >= 4 is 11.9 Å². The molecule has 3 N–H and O–H groups in total. The van der Waals surface area contributed by atoms with E-state index in [4.69, 9.17) is 5.84 Å². The van der Waals surface area contributed by atoms with E-state index in [1.807, 2.05) is 13.0 Å². The molecule has 0 aliphatic carbocycles. The molecule has 98 valence electrons. The van der Waals surface area contributed by atoms with Gasteiger partial charge in [0.05, 0.1) is 0 Å². The highest BCUT2D eigenvalue weighted by molar-refractivity contribution is 5.88. The van der Waals surface area contributed by atoms with Crippen molar-refractivity contribution in [1.29, 1.82) is 0 Å². The maximum Gasteiger partial charge on any atom is 0.349 e. The summed E-state index contributed by atoms with van der Waals surface area (Å²) in [6.07, 6.45) is 1.58. The first-order valence-corrected chi connectivity index (χ1v) is 5.45. The number of aromatic amines is 1. The van der Waals surface area contributed by atoms with Gasteiger partial charge in [-0.15, -0.1) is 0 Å². The minimum absolute atomic E-state index is 0.170. The Morgan fingerprint density at radius 1 is 1.42 bits per heavy atom. The molecule has 0 aromatic carbocycles. The Hall–Kier alpha value is -2.61. The van der Waals surface area contributed by atoms with E-state index in [2.05, 4.69) is 19.9 Å². The first-order chi connectivity index (χ1) is 8.99. The second kappa shape index (κ2) is 4.94. The maximum absolute atomic E-state index is 11.5. The number of hydrogen-bond acceptors (Lipinski definition) is 6. The van der Waals surface area contributed by atoms with E-state index in [1.54, 1.807) is 12.3 Å². The van der Waals surface area contributed by atoms with Crippen LogP contribution >= 0.6 is 0 Å². The SMILES string of the molecule is CC(=O)N(N)c1nc(-c2ncccc2C)[nH]c(=O)n1. The van der Waals surface area contributed by atoms with Crippen LogP contribution < -0.4 is 16.5 Å². The zero-order valence-electron chi connectivity index (χ0n) is 10.4. The van der Waals surface area contributed by atoms with Crippen LogP contribution in [0.3, 0.4) is 0 Å². The molecule has 1 amide bonds. The predicted octanol–water partition coefficient (Wildman–Crippen LogP) is -0.238. The molecule has 0 saturated heterocycles. The number of hydrazine groups is 1. The Balaban J connectivity index is 2.57. The summed E-state index contributed by atoms with van der Waals surface area (Å²) in [5, 5.41) is 0.705. The minimum atomic E-state index is -0.651. The third-order valence-electron chi connectivity index (χ3n) is 2.43. The lowest BCUT2D eigenvalue weighted by Crippen LogP contribution is -2.38. The number of nitrogens with two attached hydrogens (primary N) is 1. The molecule has 0 radical (unpaired) electrons. The van der Waals surface area contributed by atoms with E-state index >= 15 is 0 Å². The average Bonchev–Trinajstić information content (AvgIpc) is 2.37. The number of H-pyrrole nitrogens is 1. The number of aromatic nitrogens is 4. The van der Waals surface area contributed by atoms with Gasteiger partial charge in [-0.25, -0.2) is 15.6 Å². The van der Waals surface area contributed by atoms with Crippen LogP contribution in [0.2, 0.25) is 0 Å². The topological polar surface area (TPSA) is 118 Å². The van der Waals surface area contributed by atoms with Gasteiger partial charge in [-0.3, -0.25) is 14.8 Å². The Kier molecular flexibility index (Phi) is 3.34. The van der Waals surface area contributed by atoms with Gasteiger partial charge in [-0.2, -0.15) is 9.97 Å². The van der Waals surface area contributed by atoms with Crippen LogP contribution in [-0.4, -0.2) is 25.8 Å². The molecule has 0 fully saturated rings. The van der Waals surface area contributed by atoms with Crippen molar-refractivity contribution in [1.82, 2.24) is 19.9 Å². The van der Waals surface area contributed by atoms with Crippen molar-refractivity contribution in [3.05, 3.63) is 34.4 Å². The van der Waals surface area contributed by atoms with E-state index in [1.165, 1.54) is 6.92 Å². The van der Waals surface area contributed by atoms with Crippen LogP contribution in [-0.2, 0) is 4.79 Å². The number of nitrogens with zero attached hydrogens (tertiary/aromatic N) is 4. The number of rotatable bonds is 2. The zero-order chi connectivity index (χ0) is 14.0. The van der Waals surface area contributed by atoms with Gasteiger partial charge in [-0.1, -0.05) is 6.07 Å². The van der Waals surface area contributed by atoms with Crippen molar-refractivity contribution in [3.8, 4) is 11.5 Å². The van der Waals surface area contributed by atoms with E-state index in [-0.39, 0.29) is 11.8 Å². The van der Waals surface area contributed by atoms with Crippen molar-refractivity contribution in [3.63, 3.8) is 0 Å². The summed E-state index contributed by atoms with van der Waals surface area (Å²) < 4.78 is 0. The van der Waals surface area contributed by atoms with E-state index in [0.717, 1.165) is 5.56 Å². The van der Waals surface area contributed by atoms with Crippen LogP contribution in [0.4, 0.5) is 5.95 Å². The van der Waals surface area contributed by atoms with Gasteiger partial charge in [0, 0.05) is 13.1 Å². The molecule has 0 atom stereocenters. The van der Waals surface area contributed by atoms with Gasteiger partial charge >= 0.3 is 5.69 Å². The van der Waals surface area contributed by atoms with Gasteiger partial charge in [0.25, 0.3) is 5.95 Å². The molecule has 2 aromatic rings. The Morgan fingerprint density at radius 2 is 2.16 bits per heavy atom. The zero-order valence-corrected chi connectivity index (χ0v) is 10.4. The van der Waals surface area contributed by atoms with Crippen molar-refractivity contribution < 1.29 is 4.79 Å². The predicted molar refractivity (Wildman–Crippen MR) is 68.0 cm³/mol. The first-order valence-electron chi connectivity index (χ1n) is 5.45. The molecule has 0 spiro atoms. The Morgan fingerprint density at radius 3 is 2.79 bits per heavy atom. The summed E-state index contributed by atoms with van der Waals surface area (Å²) in [5.74, 6) is 5.04. The van der Waals surface area contributed by atoms with Crippen LogP contribution in [0.15, 0.2) is 23.1 Å². The van der Waals surface area contributed by atoms with Crippen molar-refractivity contribution in [2.24, 2.45) is 5.84 Å². The molecule has 8 heteroatoms. The van der Waals surface area contributed by atoms with Gasteiger partial charge in [-0.05, 0) is 18.6 Å². The Labute approximate surface area is 108 Å². The third-order valence-corrected chi connectivity index (χ3v) is 2.43. The number of anilines is 1. The van der Waals surface area contributed by atoms with E-state index < -0.39 is 11.6 Å². The number of nitrogens with one attached hydrogen (secondary N) is 1. The number of hydrogen-bond donors (Lipinski definition) is 2. The summed E-state index contributed by atoms with van der Waals surface area (Å²) in [4.78, 5) is 36.8. The molecule has 0 aliphatic heterocycles. The average molecular weight is 260 g/mol. The van der Waals surface area contributed by atoms with Crippen molar-refractivity contribution in [2.45, 2.75) is 13.8 Å². The lowest BCUT2D eigenvalue weighted by Gasteiger charge is -2.12. The summed E-state index contributed by atoms with van der Waals surface area (Å²) in [7, 11) is 0. The molecule has 0 unspecified atom stereocenters. The summed E-state index contributed by atoms with van der Waals surface area (Å²) in [5.41, 5.74) is 0.677. The van der Waals surface area contributed by atoms with Crippen LogP contribution in [0, 0.1) is 6.92 Å². The molecule has 2 heterocycles. The number of pyridine rings is 1. The fourth-order valence-corrected chi connectivity index (χ4v) is 1.47. The first kappa shape index (κ1) is 12.8. The molecular formula is C11H12N6O2. The third kappa shape index (κ3) is 2.63. The molecule has 0 bridgehead atoms. The summed E-state index contributed by atoms with van der Waals surface area (Å²) in [6, 6.07) is 3.59. The molecule has 19 heavy (non-hydrogen) atoms. The smallest absolute Gasteiger partial charge is 0.288 e. The summed E-state index contributed by atoms with van der Waals surface area (Å²) >= 11 is 0. The number of carbonyl (C=O) groups excluding carboxylic acids is 1. The second-order valence-corrected chi connectivity index (χ2v) is 3.86. The Bertz CT molecular complexity index is 681. The number of amides is 1. The minimum Gasteiger partial charge on any atom is -0.288 e. The molecule has 8 nitrogen and oxygen atoms in total. The summed E-state index contributed by atoms with van der Waals surface area (Å²) in [6.45, 7) is 3.07. The van der Waals surface area contributed by atoms with E-state index in [0.29, 0.717) is 10.7 Å². The lowest BCUT2D eigenvalue weighted by atomic mass is 10.2. The normalized spacial score (nSPS) is 10.3. The van der Waals surface area contributed by atoms with Crippen LogP contribution in [0.5, 0.6) is 0 Å². The number of aryl methyl sites for hydroxylation is 1. The highest BCUT2D eigenvalue weighted by Gasteiger charge is 2.14. The largest absolute Gasteiger partial charge is 0.349 e. The fraction of sp³-hybridized carbons (Fsp3) is 0.182. The standard InChI is InChI=1S/C11H12N6O2/c1-6-4-3-5-13-8(6)9-14-10(16-11(19)15-9)17(12)7(2)18/h3-5H,12H2,1-2H3,(H,14,15,16,19). The number of carbonyl (C=O) groups is 1. The highest BCUT2D eigenvalue weighted by atomic mass is 16.2.